The maximum Gasteiger partial charge on any atom is 0.272 e. The molecule has 2 amide bonds. The largest absolute Gasteiger partial charge is 0.272 e. The minimum absolute atomic E-state index is 0.264. The van der Waals surface area contributed by atoms with Gasteiger partial charge in [0, 0.05) is 5.56 Å². The number of hydrogen-bond acceptors (Lipinski definition) is 2. The molecule has 4 nitrogen and oxygen atoms in total. The number of amides is 2. The van der Waals surface area contributed by atoms with Crippen molar-refractivity contribution in [3.63, 3.8) is 0 Å². The topological polar surface area (TPSA) is 49.4 Å². The summed E-state index contributed by atoms with van der Waals surface area (Å²) in [6.07, 6.45) is 0. The first-order chi connectivity index (χ1) is 11.6. The van der Waals surface area contributed by atoms with Crippen LogP contribution in [0, 0.1) is 13.8 Å². The minimum Gasteiger partial charge on any atom is -0.267 e. The fraction of sp³-hybridized carbons (Fsp3) is 0.300. The van der Waals surface area contributed by atoms with Crippen LogP contribution in [0.15, 0.2) is 42.5 Å². The predicted octanol–water partition coefficient (Wildman–Crippen LogP) is 4.54. The lowest BCUT2D eigenvalue weighted by Gasteiger charge is -2.35. The van der Waals surface area contributed by atoms with Gasteiger partial charge in [0.15, 0.2) is 0 Å². The van der Waals surface area contributed by atoms with Crippen molar-refractivity contribution < 1.29 is 9.59 Å². The van der Waals surface area contributed by atoms with Crippen molar-refractivity contribution in [2.45, 2.75) is 40.2 Å². The zero-order valence-corrected chi connectivity index (χ0v) is 15.9. The predicted molar refractivity (Wildman–Crippen MR) is 101 cm³/mol. The average molecular weight is 359 g/mol. The molecule has 0 saturated heterocycles. The molecular formula is C20H23ClN2O2. The maximum atomic E-state index is 13.0. The molecular weight excluding hydrogens is 336 g/mol. The van der Waals surface area contributed by atoms with Crippen LogP contribution in [0.2, 0.25) is 5.02 Å². The van der Waals surface area contributed by atoms with Gasteiger partial charge in [-0.15, -0.1) is 0 Å². The quantitative estimate of drug-likeness (QED) is 0.801. The van der Waals surface area contributed by atoms with Crippen molar-refractivity contribution >= 4 is 23.4 Å². The number of carbonyl (C=O) groups is 2. The van der Waals surface area contributed by atoms with Crippen molar-refractivity contribution in [1.82, 2.24) is 10.4 Å². The van der Waals surface area contributed by atoms with Crippen LogP contribution in [0.1, 0.15) is 52.6 Å². The molecule has 1 N–H and O–H groups in total. The van der Waals surface area contributed by atoms with E-state index in [1.807, 2.05) is 52.8 Å². The van der Waals surface area contributed by atoms with Crippen molar-refractivity contribution in [2.75, 3.05) is 0 Å². The molecule has 0 spiro atoms. The lowest BCUT2D eigenvalue weighted by molar-refractivity contribution is 0.0358. The fourth-order valence-electron chi connectivity index (χ4n) is 2.56. The molecule has 0 unspecified atom stereocenters. The minimum atomic E-state index is -0.606. The number of carbonyl (C=O) groups excluding carboxylic acids is 2. The van der Waals surface area contributed by atoms with Gasteiger partial charge in [-0.25, -0.2) is 5.01 Å². The van der Waals surface area contributed by atoms with E-state index in [1.165, 1.54) is 5.01 Å². The zero-order chi connectivity index (χ0) is 18.8. The Morgan fingerprint density at radius 2 is 1.56 bits per heavy atom. The molecule has 5 heteroatoms. The molecule has 0 atom stereocenters. The summed E-state index contributed by atoms with van der Waals surface area (Å²) < 4.78 is 0. The normalized spacial score (nSPS) is 11.1. The first kappa shape index (κ1) is 19.0. The second-order valence-electron chi connectivity index (χ2n) is 7.11. The van der Waals surface area contributed by atoms with Crippen LogP contribution in [0.5, 0.6) is 0 Å². The van der Waals surface area contributed by atoms with Gasteiger partial charge < -0.3 is 0 Å². The lowest BCUT2D eigenvalue weighted by atomic mass is 10.0. The number of benzene rings is 2. The zero-order valence-electron chi connectivity index (χ0n) is 15.2. The Bertz CT molecular complexity index is 789. The Morgan fingerprint density at radius 1 is 1.00 bits per heavy atom. The van der Waals surface area contributed by atoms with Crippen LogP contribution in [0.4, 0.5) is 0 Å². The standard InChI is InChI=1S/C20H23ClN2O2/c1-13-10-14(2)12-15(11-13)19(25)23(20(3,4)5)22-18(24)16-8-6-7-9-17(16)21/h6-12H,1-5H3,(H,22,24). The Hall–Kier alpha value is -2.33. The highest BCUT2D eigenvalue weighted by atomic mass is 35.5. The highest BCUT2D eigenvalue weighted by Gasteiger charge is 2.30. The third kappa shape index (κ3) is 4.60. The molecule has 0 saturated carbocycles. The molecule has 2 aromatic rings. The summed E-state index contributed by atoms with van der Waals surface area (Å²) in [6.45, 7) is 9.46. The van der Waals surface area contributed by atoms with E-state index in [-0.39, 0.29) is 5.91 Å². The van der Waals surface area contributed by atoms with Crippen molar-refractivity contribution in [3.05, 3.63) is 69.7 Å². The second-order valence-corrected chi connectivity index (χ2v) is 7.52. The van der Waals surface area contributed by atoms with Gasteiger partial charge in [0.05, 0.1) is 16.1 Å². The summed E-state index contributed by atoms with van der Waals surface area (Å²) in [5.41, 5.74) is 4.96. The molecule has 0 bridgehead atoms. The Balaban J connectivity index is 2.35. The van der Waals surface area contributed by atoms with Crippen LogP contribution >= 0.6 is 11.6 Å². The maximum absolute atomic E-state index is 13.0. The van der Waals surface area contributed by atoms with Crippen LogP contribution in [-0.2, 0) is 0 Å². The molecule has 0 radical (unpaired) electrons. The van der Waals surface area contributed by atoms with Crippen LogP contribution in [0.25, 0.3) is 0 Å². The number of nitrogens with zero attached hydrogens (tertiary/aromatic N) is 1. The van der Waals surface area contributed by atoms with Gasteiger partial charge in [0.2, 0.25) is 0 Å². The van der Waals surface area contributed by atoms with Crippen molar-refractivity contribution in [2.24, 2.45) is 0 Å². The smallest absolute Gasteiger partial charge is 0.267 e. The Morgan fingerprint density at radius 3 is 2.08 bits per heavy atom. The summed E-state index contributed by atoms with van der Waals surface area (Å²) in [7, 11) is 0. The second kappa shape index (κ2) is 7.28. The number of rotatable bonds is 2. The van der Waals surface area contributed by atoms with Gasteiger partial charge in [0.1, 0.15) is 0 Å². The summed E-state index contributed by atoms with van der Waals surface area (Å²) in [4.78, 5) is 25.6. The van der Waals surface area contributed by atoms with E-state index in [1.54, 1.807) is 24.3 Å². The number of hydrogen-bond donors (Lipinski definition) is 1. The van der Waals surface area contributed by atoms with E-state index in [4.69, 9.17) is 11.6 Å². The highest BCUT2D eigenvalue weighted by molar-refractivity contribution is 6.33. The molecule has 0 aliphatic carbocycles. The molecule has 25 heavy (non-hydrogen) atoms. The molecule has 0 aromatic heterocycles. The summed E-state index contributed by atoms with van der Waals surface area (Å²) in [5.74, 6) is -0.682. The highest BCUT2D eigenvalue weighted by Crippen LogP contribution is 2.19. The molecule has 0 heterocycles. The number of nitrogens with one attached hydrogen (secondary N) is 1. The first-order valence-electron chi connectivity index (χ1n) is 8.08. The van der Waals surface area contributed by atoms with E-state index in [9.17, 15) is 9.59 Å². The fourth-order valence-corrected chi connectivity index (χ4v) is 2.78. The SMILES string of the molecule is Cc1cc(C)cc(C(=O)N(NC(=O)c2ccccc2Cl)C(C)(C)C)c1. The van der Waals surface area contributed by atoms with Gasteiger partial charge >= 0.3 is 0 Å². The van der Waals surface area contributed by atoms with E-state index < -0.39 is 11.4 Å². The number of aryl methyl sites for hydroxylation is 2. The van der Waals surface area contributed by atoms with E-state index in [0.717, 1.165) is 11.1 Å². The van der Waals surface area contributed by atoms with E-state index in [2.05, 4.69) is 5.43 Å². The van der Waals surface area contributed by atoms with Gasteiger partial charge in [-0.05, 0) is 58.9 Å². The molecule has 2 rings (SSSR count). The van der Waals surface area contributed by atoms with Crippen LogP contribution in [0.3, 0.4) is 0 Å². The van der Waals surface area contributed by atoms with Gasteiger partial charge in [-0.3, -0.25) is 15.0 Å². The lowest BCUT2D eigenvalue weighted by Crippen LogP contribution is -2.56. The van der Waals surface area contributed by atoms with Crippen molar-refractivity contribution in [1.29, 1.82) is 0 Å². The van der Waals surface area contributed by atoms with Crippen LogP contribution < -0.4 is 5.43 Å². The summed E-state index contributed by atoms with van der Waals surface area (Å²) in [5, 5.41) is 1.69. The summed E-state index contributed by atoms with van der Waals surface area (Å²) in [6, 6.07) is 12.4. The van der Waals surface area contributed by atoms with E-state index in [0.29, 0.717) is 16.1 Å². The van der Waals surface area contributed by atoms with E-state index >= 15 is 0 Å². The average Bonchev–Trinajstić information content (AvgIpc) is 2.50. The van der Waals surface area contributed by atoms with Gasteiger partial charge in [0.25, 0.3) is 11.8 Å². The Kier molecular flexibility index (Phi) is 5.53. The molecule has 132 valence electrons. The third-order valence-electron chi connectivity index (χ3n) is 3.67. The Labute approximate surface area is 153 Å². The van der Waals surface area contributed by atoms with Gasteiger partial charge in [-0.1, -0.05) is 40.9 Å². The summed E-state index contributed by atoms with van der Waals surface area (Å²) >= 11 is 6.09. The molecule has 0 aliphatic heterocycles. The van der Waals surface area contributed by atoms with Crippen molar-refractivity contribution in [3.8, 4) is 0 Å². The molecule has 2 aromatic carbocycles. The monoisotopic (exact) mass is 358 g/mol. The first-order valence-corrected chi connectivity index (χ1v) is 8.46. The third-order valence-corrected chi connectivity index (χ3v) is 4.00. The molecule has 0 aliphatic rings. The number of hydrazine groups is 1. The van der Waals surface area contributed by atoms with Gasteiger partial charge in [-0.2, -0.15) is 0 Å². The molecule has 0 fully saturated rings. The number of halogens is 1. The van der Waals surface area contributed by atoms with Crippen LogP contribution in [-0.4, -0.2) is 22.4 Å².